The fourth-order valence-electron chi connectivity index (χ4n) is 1.09. The molecule has 0 radical (unpaired) electrons. The van der Waals surface area contributed by atoms with Gasteiger partial charge in [0.15, 0.2) is 0 Å². The summed E-state index contributed by atoms with van der Waals surface area (Å²) in [5.41, 5.74) is -1.07. The minimum absolute atomic E-state index is 0.0798. The second-order valence-corrected chi connectivity index (χ2v) is 2.82. The summed E-state index contributed by atoms with van der Waals surface area (Å²) in [5, 5.41) is 0. The van der Waals surface area contributed by atoms with Gasteiger partial charge in [0.2, 0.25) is 0 Å². The molecule has 15 heavy (non-hydrogen) atoms. The molecular weight excluding hydrogens is 208 g/mol. The van der Waals surface area contributed by atoms with Crippen molar-refractivity contribution in [1.82, 2.24) is 0 Å². The summed E-state index contributed by atoms with van der Waals surface area (Å²) in [7, 11) is 0. The first-order valence-corrected chi connectivity index (χ1v) is 4.11. The highest BCUT2D eigenvalue weighted by atomic mass is 19.4. The van der Waals surface area contributed by atoms with E-state index in [1.165, 1.54) is 18.2 Å². The molecule has 0 saturated carbocycles. The highest BCUT2D eigenvalue weighted by Crippen LogP contribution is 2.33. The van der Waals surface area contributed by atoms with Crippen LogP contribution in [0, 0.1) is 5.82 Å². The Balaban J connectivity index is 3.26. The number of alkyl halides is 3. The molecule has 0 nitrogen and oxygen atoms in total. The zero-order chi connectivity index (χ0) is 11.5. The predicted molar refractivity (Wildman–Crippen MR) is 50.6 cm³/mol. The Hall–Kier alpha value is -1.58. The minimum atomic E-state index is -4.55. The van der Waals surface area contributed by atoms with Crippen LogP contribution in [0.1, 0.15) is 11.1 Å². The van der Waals surface area contributed by atoms with E-state index in [0.29, 0.717) is 6.07 Å². The van der Waals surface area contributed by atoms with Gasteiger partial charge >= 0.3 is 6.18 Å². The van der Waals surface area contributed by atoms with Gasteiger partial charge in [0.1, 0.15) is 5.82 Å². The zero-order valence-corrected chi connectivity index (χ0v) is 7.68. The van der Waals surface area contributed by atoms with Crippen LogP contribution in [0.4, 0.5) is 17.6 Å². The van der Waals surface area contributed by atoms with Gasteiger partial charge in [0.25, 0.3) is 0 Å². The van der Waals surface area contributed by atoms with Crippen LogP contribution in [0.5, 0.6) is 0 Å². The SMILES string of the molecule is C=C/C=C/c1ccc(F)cc1C(F)(F)F. The van der Waals surface area contributed by atoms with Crippen molar-refractivity contribution >= 4 is 6.08 Å². The molecule has 0 fully saturated rings. The van der Waals surface area contributed by atoms with E-state index in [4.69, 9.17) is 0 Å². The summed E-state index contributed by atoms with van der Waals surface area (Å²) in [5.74, 6) is -0.905. The summed E-state index contributed by atoms with van der Waals surface area (Å²) in [4.78, 5) is 0. The Morgan fingerprint density at radius 2 is 1.87 bits per heavy atom. The lowest BCUT2D eigenvalue weighted by Gasteiger charge is -2.09. The fraction of sp³-hybridized carbons (Fsp3) is 0.0909. The average molecular weight is 216 g/mol. The Bertz CT molecular complexity index is 388. The molecule has 0 bridgehead atoms. The van der Waals surface area contributed by atoms with Crippen molar-refractivity contribution in [2.45, 2.75) is 6.18 Å². The molecule has 0 aromatic heterocycles. The lowest BCUT2D eigenvalue weighted by atomic mass is 10.1. The summed E-state index contributed by atoms with van der Waals surface area (Å²) in [6.45, 7) is 3.34. The van der Waals surface area contributed by atoms with E-state index in [-0.39, 0.29) is 5.56 Å². The number of hydrogen-bond acceptors (Lipinski definition) is 0. The molecule has 0 spiro atoms. The molecule has 0 unspecified atom stereocenters. The number of benzene rings is 1. The predicted octanol–water partition coefficient (Wildman–Crippen LogP) is 4.04. The van der Waals surface area contributed by atoms with E-state index in [1.54, 1.807) is 0 Å². The molecule has 80 valence electrons. The second-order valence-electron chi connectivity index (χ2n) is 2.82. The van der Waals surface area contributed by atoms with Gasteiger partial charge in [-0.25, -0.2) is 4.39 Å². The van der Waals surface area contributed by atoms with Crippen molar-refractivity contribution in [2.24, 2.45) is 0 Å². The van der Waals surface area contributed by atoms with E-state index >= 15 is 0 Å². The molecule has 0 aliphatic heterocycles. The van der Waals surface area contributed by atoms with Gasteiger partial charge in [-0.2, -0.15) is 13.2 Å². The van der Waals surface area contributed by atoms with Crippen LogP contribution >= 0.6 is 0 Å². The van der Waals surface area contributed by atoms with Gasteiger partial charge < -0.3 is 0 Å². The van der Waals surface area contributed by atoms with E-state index in [1.807, 2.05) is 0 Å². The lowest BCUT2D eigenvalue weighted by Crippen LogP contribution is -2.07. The third kappa shape index (κ3) is 2.94. The molecule has 1 aromatic rings. The molecule has 0 atom stereocenters. The summed E-state index contributed by atoms with van der Waals surface area (Å²) >= 11 is 0. The summed E-state index contributed by atoms with van der Waals surface area (Å²) in [6.07, 6.45) is -0.607. The molecule has 4 heteroatoms. The number of halogens is 4. The zero-order valence-electron chi connectivity index (χ0n) is 7.68. The molecule has 0 saturated heterocycles. The quantitative estimate of drug-likeness (QED) is 0.517. The van der Waals surface area contributed by atoms with E-state index < -0.39 is 17.6 Å². The third-order valence-electron chi connectivity index (χ3n) is 1.73. The summed E-state index contributed by atoms with van der Waals surface area (Å²) in [6, 6.07) is 2.54. The maximum Gasteiger partial charge on any atom is 0.417 e. The van der Waals surface area contributed by atoms with Gasteiger partial charge in [-0.05, 0) is 17.7 Å². The molecule has 0 amide bonds. The highest BCUT2D eigenvalue weighted by Gasteiger charge is 2.33. The van der Waals surface area contributed by atoms with Crippen molar-refractivity contribution in [3.8, 4) is 0 Å². The van der Waals surface area contributed by atoms with Crippen LogP contribution in [0.25, 0.3) is 6.08 Å². The van der Waals surface area contributed by atoms with Crippen LogP contribution in [0.2, 0.25) is 0 Å². The highest BCUT2D eigenvalue weighted by molar-refractivity contribution is 5.56. The minimum Gasteiger partial charge on any atom is -0.207 e. The van der Waals surface area contributed by atoms with Crippen molar-refractivity contribution < 1.29 is 17.6 Å². The Kier molecular flexibility index (Phi) is 3.29. The van der Waals surface area contributed by atoms with Crippen LogP contribution < -0.4 is 0 Å². The molecule has 0 aliphatic carbocycles. The van der Waals surface area contributed by atoms with Gasteiger partial charge in [-0.15, -0.1) is 0 Å². The average Bonchev–Trinajstić information content (AvgIpc) is 2.14. The standard InChI is InChI=1S/C11H8F4/c1-2-3-4-8-5-6-9(12)7-10(8)11(13,14)15/h2-7H,1H2/b4-3+. The first kappa shape index (κ1) is 11.5. The molecule has 0 N–H and O–H groups in total. The van der Waals surface area contributed by atoms with Gasteiger partial charge in [0.05, 0.1) is 5.56 Å². The topological polar surface area (TPSA) is 0 Å². The number of rotatable bonds is 2. The van der Waals surface area contributed by atoms with Crippen molar-refractivity contribution in [2.75, 3.05) is 0 Å². The van der Waals surface area contributed by atoms with Crippen molar-refractivity contribution in [3.63, 3.8) is 0 Å². The van der Waals surface area contributed by atoms with Crippen LogP contribution in [0.3, 0.4) is 0 Å². The molecule has 1 rings (SSSR count). The van der Waals surface area contributed by atoms with Crippen LogP contribution in [-0.2, 0) is 6.18 Å². The fourth-order valence-corrected chi connectivity index (χ4v) is 1.09. The van der Waals surface area contributed by atoms with Gasteiger partial charge in [-0.3, -0.25) is 0 Å². The summed E-state index contributed by atoms with van der Waals surface area (Å²) < 4.78 is 49.9. The molecule has 1 aromatic carbocycles. The molecule has 0 aliphatic rings. The normalized spacial score (nSPS) is 12.0. The van der Waals surface area contributed by atoms with Crippen molar-refractivity contribution in [3.05, 3.63) is 53.9 Å². The maximum absolute atomic E-state index is 12.7. The van der Waals surface area contributed by atoms with E-state index in [0.717, 1.165) is 12.1 Å². The molecule has 0 heterocycles. The number of allylic oxidation sites excluding steroid dienone is 2. The maximum atomic E-state index is 12.7. The second kappa shape index (κ2) is 4.29. The largest absolute Gasteiger partial charge is 0.417 e. The Morgan fingerprint density at radius 3 is 2.40 bits per heavy atom. The van der Waals surface area contributed by atoms with Gasteiger partial charge in [-0.1, -0.05) is 30.9 Å². The number of hydrogen-bond donors (Lipinski definition) is 0. The molecular formula is C11H8F4. The van der Waals surface area contributed by atoms with Gasteiger partial charge in [0, 0.05) is 0 Å². The Labute approximate surface area is 84.5 Å². The van der Waals surface area contributed by atoms with Crippen LogP contribution in [-0.4, -0.2) is 0 Å². The lowest BCUT2D eigenvalue weighted by molar-refractivity contribution is -0.137. The monoisotopic (exact) mass is 216 g/mol. The third-order valence-corrected chi connectivity index (χ3v) is 1.73. The smallest absolute Gasteiger partial charge is 0.207 e. The van der Waals surface area contributed by atoms with Crippen LogP contribution in [0.15, 0.2) is 36.9 Å². The first-order chi connectivity index (χ1) is 6.95. The van der Waals surface area contributed by atoms with E-state index in [9.17, 15) is 17.6 Å². The van der Waals surface area contributed by atoms with Crippen molar-refractivity contribution in [1.29, 1.82) is 0 Å². The first-order valence-electron chi connectivity index (χ1n) is 4.11. The van der Waals surface area contributed by atoms with E-state index in [2.05, 4.69) is 6.58 Å². The Morgan fingerprint density at radius 1 is 1.20 bits per heavy atom.